The van der Waals surface area contributed by atoms with Crippen molar-refractivity contribution in [3.63, 3.8) is 0 Å². The molecular formula is C10H15NO3. The first kappa shape index (κ1) is 11.2. The summed E-state index contributed by atoms with van der Waals surface area (Å²) in [7, 11) is 0. The first-order valence-electron chi connectivity index (χ1n) is 4.69. The number of carbonyl (C=O) groups is 1. The molecule has 0 N–H and O–H groups in total. The highest BCUT2D eigenvalue weighted by atomic mass is 16.7. The van der Waals surface area contributed by atoms with Crippen molar-refractivity contribution in [3.05, 3.63) is 0 Å². The van der Waals surface area contributed by atoms with E-state index in [0.717, 1.165) is 0 Å². The predicted molar refractivity (Wildman–Crippen MR) is 49.3 cm³/mol. The second-order valence-corrected chi connectivity index (χ2v) is 3.98. The van der Waals surface area contributed by atoms with Crippen LogP contribution in [0.3, 0.4) is 0 Å². The van der Waals surface area contributed by atoms with E-state index >= 15 is 0 Å². The molecule has 78 valence electrons. The minimum absolute atomic E-state index is 0.462. The number of hydrogen-bond acceptors (Lipinski definition) is 4. The zero-order chi connectivity index (χ0) is 10.7. The van der Waals surface area contributed by atoms with Crippen molar-refractivity contribution < 1.29 is 14.3 Å². The van der Waals surface area contributed by atoms with Gasteiger partial charge in [-0.05, 0) is 20.3 Å². The highest BCUT2D eigenvalue weighted by Gasteiger charge is 2.34. The second-order valence-electron chi connectivity index (χ2n) is 3.98. The lowest BCUT2D eigenvalue weighted by atomic mass is 9.87. The van der Waals surface area contributed by atoms with Crippen molar-refractivity contribution in [2.75, 3.05) is 13.2 Å². The van der Waals surface area contributed by atoms with E-state index in [4.69, 9.17) is 14.7 Å². The lowest BCUT2D eigenvalue weighted by Gasteiger charge is -2.24. The van der Waals surface area contributed by atoms with Gasteiger partial charge in [0.15, 0.2) is 5.79 Å². The fourth-order valence-electron chi connectivity index (χ4n) is 1.33. The Labute approximate surface area is 83.8 Å². The van der Waals surface area contributed by atoms with Crippen LogP contribution in [0.1, 0.15) is 26.7 Å². The summed E-state index contributed by atoms with van der Waals surface area (Å²) in [4.78, 5) is 10.7. The number of aldehydes is 1. The fourth-order valence-corrected chi connectivity index (χ4v) is 1.33. The van der Waals surface area contributed by atoms with Crippen LogP contribution in [0.25, 0.3) is 0 Å². The lowest BCUT2D eigenvalue weighted by Crippen LogP contribution is -2.29. The van der Waals surface area contributed by atoms with Gasteiger partial charge in [-0.3, -0.25) is 0 Å². The maximum atomic E-state index is 10.7. The van der Waals surface area contributed by atoms with Gasteiger partial charge in [0, 0.05) is 6.42 Å². The van der Waals surface area contributed by atoms with Gasteiger partial charge in [0.25, 0.3) is 0 Å². The first-order valence-corrected chi connectivity index (χ1v) is 4.69. The first-order chi connectivity index (χ1) is 6.54. The molecule has 0 bridgehead atoms. The average Bonchev–Trinajstić information content (AvgIpc) is 2.63. The SMILES string of the molecule is CC1(CC[C@](C)(C#N)C=O)OCCO1. The fraction of sp³-hybridized carbons (Fsp3) is 0.800. The summed E-state index contributed by atoms with van der Waals surface area (Å²) in [5.74, 6) is -0.610. The van der Waals surface area contributed by atoms with Crippen LogP contribution >= 0.6 is 0 Å². The molecule has 1 fully saturated rings. The summed E-state index contributed by atoms with van der Waals surface area (Å²) in [5.41, 5.74) is -0.918. The van der Waals surface area contributed by atoms with E-state index in [-0.39, 0.29) is 0 Å². The van der Waals surface area contributed by atoms with Crippen molar-refractivity contribution in [2.24, 2.45) is 5.41 Å². The molecule has 0 spiro atoms. The number of ether oxygens (including phenoxy) is 2. The second kappa shape index (κ2) is 4.07. The molecule has 0 aliphatic carbocycles. The summed E-state index contributed by atoms with van der Waals surface area (Å²) in [5, 5.41) is 8.78. The maximum absolute atomic E-state index is 10.7. The Balaban J connectivity index is 2.47. The van der Waals surface area contributed by atoms with Crippen LogP contribution in [0, 0.1) is 16.7 Å². The van der Waals surface area contributed by atoms with Crippen LogP contribution in [-0.4, -0.2) is 25.3 Å². The van der Waals surface area contributed by atoms with E-state index in [1.54, 1.807) is 6.92 Å². The van der Waals surface area contributed by atoms with Gasteiger partial charge in [-0.1, -0.05) is 0 Å². The molecule has 0 unspecified atom stereocenters. The van der Waals surface area contributed by atoms with Crippen molar-refractivity contribution in [3.8, 4) is 6.07 Å². The van der Waals surface area contributed by atoms with E-state index in [1.165, 1.54) is 0 Å². The summed E-state index contributed by atoms with van der Waals surface area (Å²) < 4.78 is 10.8. The van der Waals surface area contributed by atoms with Crippen LogP contribution < -0.4 is 0 Å². The van der Waals surface area contributed by atoms with Crippen molar-refractivity contribution >= 4 is 6.29 Å². The van der Waals surface area contributed by atoms with E-state index < -0.39 is 11.2 Å². The molecule has 14 heavy (non-hydrogen) atoms. The topological polar surface area (TPSA) is 59.3 Å². The van der Waals surface area contributed by atoms with Crippen molar-refractivity contribution in [1.82, 2.24) is 0 Å². The number of hydrogen-bond donors (Lipinski definition) is 0. The summed E-state index contributed by atoms with van der Waals surface area (Å²) in [6, 6.07) is 1.99. The zero-order valence-electron chi connectivity index (χ0n) is 8.58. The summed E-state index contributed by atoms with van der Waals surface area (Å²) in [6.07, 6.45) is 1.71. The third-order valence-corrected chi connectivity index (χ3v) is 2.51. The molecule has 0 amide bonds. The Bertz CT molecular complexity index is 253. The molecule has 4 nitrogen and oxygen atoms in total. The number of rotatable bonds is 4. The largest absolute Gasteiger partial charge is 0.348 e. The predicted octanol–water partition coefficient (Wildman–Crippen LogP) is 1.26. The van der Waals surface area contributed by atoms with E-state index in [2.05, 4.69) is 0 Å². The molecule has 0 radical (unpaired) electrons. The Morgan fingerprint density at radius 2 is 2.14 bits per heavy atom. The van der Waals surface area contributed by atoms with Gasteiger partial charge in [0.05, 0.1) is 19.3 Å². The number of nitriles is 1. The molecule has 1 rings (SSSR count). The highest BCUT2D eigenvalue weighted by Crippen LogP contribution is 2.29. The lowest BCUT2D eigenvalue weighted by molar-refractivity contribution is -0.150. The number of nitrogens with zero attached hydrogens (tertiary/aromatic N) is 1. The Morgan fingerprint density at radius 1 is 1.57 bits per heavy atom. The molecule has 1 saturated heterocycles. The van der Waals surface area contributed by atoms with Crippen LogP contribution in [0.2, 0.25) is 0 Å². The normalized spacial score (nSPS) is 23.8. The van der Waals surface area contributed by atoms with Crippen molar-refractivity contribution in [1.29, 1.82) is 5.26 Å². The van der Waals surface area contributed by atoms with Gasteiger partial charge in [-0.2, -0.15) is 5.26 Å². The van der Waals surface area contributed by atoms with E-state index in [9.17, 15) is 4.79 Å². The van der Waals surface area contributed by atoms with E-state index in [1.807, 2.05) is 13.0 Å². The monoisotopic (exact) mass is 197 g/mol. The van der Waals surface area contributed by atoms with Gasteiger partial charge >= 0.3 is 0 Å². The Morgan fingerprint density at radius 3 is 2.57 bits per heavy atom. The molecular weight excluding hydrogens is 182 g/mol. The standard InChI is InChI=1S/C10H15NO3/c1-9(7-11,8-12)3-4-10(2)13-5-6-14-10/h8H,3-6H2,1-2H3/t9-/m1/s1. The average molecular weight is 197 g/mol. The van der Waals surface area contributed by atoms with E-state index in [0.29, 0.717) is 32.3 Å². The molecule has 0 aromatic heterocycles. The minimum Gasteiger partial charge on any atom is -0.348 e. The molecule has 1 aliphatic heterocycles. The minimum atomic E-state index is -0.918. The highest BCUT2D eigenvalue weighted by molar-refractivity contribution is 5.62. The quantitative estimate of drug-likeness (QED) is 0.636. The Kier molecular flexibility index (Phi) is 3.25. The van der Waals surface area contributed by atoms with Gasteiger partial charge in [0.1, 0.15) is 11.7 Å². The van der Waals surface area contributed by atoms with Crippen LogP contribution in [0.15, 0.2) is 0 Å². The maximum Gasteiger partial charge on any atom is 0.165 e. The summed E-state index contributed by atoms with van der Waals surface area (Å²) >= 11 is 0. The van der Waals surface area contributed by atoms with Crippen molar-refractivity contribution in [2.45, 2.75) is 32.5 Å². The molecule has 0 saturated carbocycles. The van der Waals surface area contributed by atoms with Gasteiger partial charge in [0.2, 0.25) is 0 Å². The smallest absolute Gasteiger partial charge is 0.165 e. The molecule has 1 aliphatic rings. The molecule has 0 aromatic rings. The number of carbonyl (C=O) groups excluding carboxylic acids is 1. The third-order valence-electron chi connectivity index (χ3n) is 2.51. The molecule has 1 heterocycles. The third kappa shape index (κ3) is 2.53. The van der Waals surface area contributed by atoms with Crippen LogP contribution in [0.5, 0.6) is 0 Å². The van der Waals surface area contributed by atoms with Crippen LogP contribution in [-0.2, 0) is 14.3 Å². The van der Waals surface area contributed by atoms with Gasteiger partial charge < -0.3 is 14.3 Å². The molecule has 0 aromatic carbocycles. The molecule has 1 atom stereocenters. The Hall–Kier alpha value is -0.920. The summed E-state index contributed by atoms with van der Waals surface area (Å²) in [6.45, 7) is 4.63. The zero-order valence-corrected chi connectivity index (χ0v) is 8.58. The van der Waals surface area contributed by atoms with Gasteiger partial charge in [-0.15, -0.1) is 0 Å². The molecule has 4 heteroatoms. The van der Waals surface area contributed by atoms with Crippen LogP contribution in [0.4, 0.5) is 0 Å². The van der Waals surface area contributed by atoms with Gasteiger partial charge in [-0.25, -0.2) is 0 Å².